The number of morpholine rings is 1. The predicted octanol–water partition coefficient (Wildman–Crippen LogP) is 1.36. The van der Waals surface area contributed by atoms with Crippen molar-refractivity contribution in [2.45, 2.75) is 32.2 Å². The standard InChI is InChI=1S/C18H25N3O3/c22-17(20-13-16-3-1-2-8-19-16)14-4-6-15(7-5-14)18(23)21-9-11-24-12-10-21/h1-3,8,14-15H,4-7,9-13H2,(H,20,22). The van der Waals surface area contributed by atoms with Crippen molar-refractivity contribution in [3.63, 3.8) is 0 Å². The van der Waals surface area contributed by atoms with Gasteiger partial charge in [-0.15, -0.1) is 0 Å². The Kier molecular flexibility index (Phi) is 5.80. The summed E-state index contributed by atoms with van der Waals surface area (Å²) in [4.78, 5) is 30.9. The number of carbonyl (C=O) groups excluding carboxylic acids is 2. The number of amides is 2. The fraction of sp³-hybridized carbons (Fsp3) is 0.611. The Morgan fingerprint density at radius 2 is 1.83 bits per heavy atom. The molecule has 0 bridgehead atoms. The van der Waals surface area contributed by atoms with Gasteiger partial charge < -0.3 is 15.0 Å². The van der Waals surface area contributed by atoms with Crippen LogP contribution in [0, 0.1) is 11.8 Å². The Morgan fingerprint density at radius 1 is 1.12 bits per heavy atom. The largest absolute Gasteiger partial charge is 0.378 e. The Labute approximate surface area is 142 Å². The van der Waals surface area contributed by atoms with Gasteiger partial charge in [-0.05, 0) is 37.8 Å². The lowest BCUT2D eigenvalue weighted by atomic mass is 9.81. The molecule has 6 nitrogen and oxygen atoms in total. The number of nitrogens with zero attached hydrogens (tertiary/aromatic N) is 2. The molecule has 1 aromatic rings. The number of ether oxygens (including phenoxy) is 1. The van der Waals surface area contributed by atoms with Gasteiger partial charge in [-0.3, -0.25) is 14.6 Å². The number of carbonyl (C=O) groups is 2. The molecule has 130 valence electrons. The van der Waals surface area contributed by atoms with Crippen LogP contribution in [0.15, 0.2) is 24.4 Å². The average molecular weight is 331 g/mol. The van der Waals surface area contributed by atoms with Gasteiger partial charge in [-0.1, -0.05) is 6.07 Å². The second-order valence-electron chi connectivity index (χ2n) is 6.53. The molecule has 2 fully saturated rings. The van der Waals surface area contributed by atoms with Crippen molar-refractivity contribution >= 4 is 11.8 Å². The minimum absolute atomic E-state index is 0.0162. The third kappa shape index (κ3) is 4.32. The first-order chi connectivity index (χ1) is 11.7. The van der Waals surface area contributed by atoms with Crippen LogP contribution in [0.3, 0.4) is 0 Å². The summed E-state index contributed by atoms with van der Waals surface area (Å²) < 4.78 is 5.30. The molecule has 1 aromatic heterocycles. The van der Waals surface area contributed by atoms with Crippen LogP contribution >= 0.6 is 0 Å². The Balaban J connectivity index is 1.42. The van der Waals surface area contributed by atoms with Crippen molar-refractivity contribution in [3.8, 4) is 0 Å². The highest BCUT2D eigenvalue weighted by molar-refractivity contribution is 5.81. The maximum atomic E-state index is 12.5. The zero-order chi connectivity index (χ0) is 16.8. The van der Waals surface area contributed by atoms with Gasteiger partial charge in [0.1, 0.15) is 0 Å². The van der Waals surface area contributed by atoms with Gasteiger partial charge in [0.2, 0.25) is 11.8 Å². The van der Waals surface area contributed by atoms with E-state index in [4.69, 9.17) is 4.74 Å². The van der Waals surface area contributed by atoms with Gasteiger partial charge in [-0.25, -0.2) is 0 Å². The van der Waals surface area contributed by atoms with Crippen molar-refractivity contribution in [2.24, 2.45) is 11.8 Å². The molecule has 0 aromatic carbocycles. The molecule has 0 spiro atoms. The quantitative estimate of drug-likeness (QED) is 0.904. The SMILES string of the molecule is O=C(NCc1ccccn1)C1CCC(C(=O)N2CCOCC2)CC1. The lowest BCUT2D eigenvalue weighted by Gasteiger charge is -2.33. The van der Waals surface area contributed by atoms with Gasteiger partial charge >= 0.3 is 0 Å². The summed E-state index contributed by atoms with van der Waals surface area (Å²) in [7, 11) is 0. The van der Waals surface area contributed by atoms with E-state index < -0.39 is 0 Å². The molecule has 1 aliphatic carbocycles. The fourth-order valence-electron chi connectivity index (χ4n) is 3.47. The monoisotopic (exact) mass is 331 g/mol. The highest BCUT2D eigenvalue weighted by Gasteiger charge is 2.32. The molecule has 0 atom stereocenters. The lowest BCUT2D eigenvalue weighted by Crippen LogP contribution is -2.45. The molecule has 24 heavy (non-hydrogen) atoms. The summed E-state index contributed by atoms with van der Waals surface area (Å²) in [6.07, 6.45) is 4.91. The Hall–Kier alpha value is -1.95. The van der Waals surface area contributed by atoms with Crippen LogP contribution in [0.25, 0.3) is 0 Å². The smallest absolute Gasteiger partial charge is 0.225 e. The first kappa shape index (κ1) is 16.9. The Bertz CT molecular complexity index is 550. The van der Waals surface area contributed by atoms with Gasteiger partial charge in [0.25, 0.3) is 0 Å². The van der Waals surface area contributed by atoms with Crippen molar-refractivity contribution in [2.75, 3.05) is 26.3 Å². The predicted molar refractivity (Wildman–Crippen MR) is 88.9 cm³/mol. The molecule has 0 radical (unpaired) electrons. The average Bonchev–Trinajstić information content (AvgIpc) is 2.67. The van der Waals surface area contributed by atoms with E-state index in [1.807, 2.05) is 23.1 Å². The van der Waals surface area contributed by atoms with E-state index in [-0.39, 0.29) is 23.7 Å². The lowest BCUT2D eigenvalue weighted by molar-refractivity contribution is -0.142. The van der Waals surface area contributed by atoms with E-state index in [0.29, 0.717) is 32.8 Å². The number of pyridine rings is 1. The first-order valence-corrected chi connectivity index (χ1v) is 8.78. The van der Waals surface area contributed by atoms with Crippen LogP contribution < -0.4 is 5.32 Å². The summed E-state index contributed by atoms with van der Waals surface area (Å²) in [5, 5.41) is 2.96. The van der Waals surface area contributed by atoms with Gasteiger partial charge in [-0.2, -0.15) is 0 Å². The summed E-state index contributed by atoms with van der Waals surface area (Å²) in [6, 6.07) is 5.67. The zero-order valence-corrected chi connectivity index (χ0v) is 13.9. The maximum Gasteiger partial charge on any atom is 0.225 e. The van der Waals surface area contributed by atoms with Crippen LogP contribution in [0.4, 0.5) is 0 Å². The number of aromatic nitrogens is 1. The van der Waals surface area contributed by atoms with Gasteiger partial charge in [0.15, 0.2) is 0 Å². The van der Waals surface area contributed by atoms with E-state index in [9.17, 15) is 9.59 Å². The number of rotatable bonds is 4. The fourth-order valence-corrected chi connectivity index (χ4v) is 3.47. The van der Waals surface area contributed by atoms with Gasteiger partial charge in [0.05, 0.1) is 25.5 Å². The van der Waals surface area contributed by atoms with Crippen LogP contribution in [-0.4, -0.2) is 48.0 Å². The molecule has 3 rings (SSSR count). The maximum absolute atomic E-state index is 12.5. The number of hydrogen-bond donors (Lipinski definition) is 1. The van der Waals surface area contributed by atoms with Crippen molar-refractivity contribution in [3.05, 3.63) is 30.1 Å². The van der Waals surface area contributed by atoms with E-state index in [0.717, 1.165) is 31.4 Å². The topological polar surface area (TPSA) is 71.5 Å². The highest BCUT2D eigenvalue weighted by Crippen LogP contribution is 2.30. The van der Waals surface area contributed by atoms with Crippen LogP contribution in [0.1, 0.15) is 31.4 Å². The van der Waals surface area contributed by atoms with Crippen LogP contribution in [0.5, 0.6) is 0 Å². The van der Waals surface area contributed by atoms with E-state index >= 15 is 0 Å². The van der Waals surface area contributed by atoms with E-state index in [1.54, 1.807) is 6.20 Å². The molecule has 6 heteroatoms. The summed E-state index contributed by atoms with van der Waals surface area (Å²) in [5.74, 6) is 0.411. The molecule has 2 heterocycles. The normalized spacial score (nSPS) is 24.4. The van der Waals surface area contributed by atoms with E-state index in [1.165, 1.54) is 0 Å². The minimum atomic E-state index is 0.0162. The minimum Gasteiger partial charge on any atom is -0.378 e. The molecule has 2 amide bonds. The molecule has 2 aliphatic rings. The van der Waals surface area contributed by atoms with Crippen LogP contribution in [-0.2, 0) is 20.9 Å². The molecular formula is C18H25N3O3. The van der Waals surface area contributed by atoms with E-state index in [2.05, 4.69) is 10.3 Å². The molecule has 1 N–H and O–H groups in total. The van der Waals surface area contributed by atoms with Crippen LogP contribution in [0.2, 0.25) is 0 Å². The zero-order valence-electron chi connectivity index (χ0n) is 13.9. The van der Waals surface area contributed by atoms with Crippen molar-refractivity contribution in [1.82, 2.24) is 15.2 Å². The highest BCUT2D eigenvalue weighted by atomic mass is 16.5. The second kappa shape index (κ2) is 8.24. The van der Waals surface area contributed by atoms with Gasteiger partial charge in [0, 0.05) is 31.1 Å². The molecule has 1 saturated heterocycles. The number of nitrogens with one attached hydrogen (secondary N) is 1. The summed E-state index contributed by atoms with van der Waals surface area (Å²) >= 11 is 0. The molecule has 1 saturated carbocycles. The third-order valence-electron chi connectivity index (χ3n) is 4.94. The molecule has 1 aliphatic heterocycles. The molecular weight excluding hydrogens is 306 g/mol. The summed E-state index contributed by atoms with van der Waals surface area (Å²) in [5.41, 5.74) is 0.863. The third-order valence-corrected chi connectivity index (χ3v) is 4.94. The Morgan fingerprint density at radius 3 is 2.50 bits per heavy atom. The summed E-state index contributed by atoms with van der Waals surface area (Å²) in [6.45, 7) is 3.13. The number of hydrogen-bond acceptors (Lipinski definition) is 4. The van der Waals surface area contributed by atoms with Crippen molar-refractivity contribution in [1.29, 1.82) is 0 Å². The van der Waals surface area contributed by atoms with Crippen molar-refractivity contribution < 1.29 is 14.3 Å². The second-order valence-corrected chi connectivity index (χ2v) is 6.53. The first-order valence-electron chi connectivity index (χ1n) is 8.78. The molecule has 0 unspecified atom stereocenters.